The van der Waals surface area contributed by atoms with Gasteiger partial charge >= 0.3 is 11.9 Å². The summed E-state index contributed by atoms with van der Waals surface area (Å²) in [7, 11) is -2.80. The summed E-state index contributed by atoms with van der Waals surface area (Å²) in [5.41, 5.74) is 0.563. The lowest BCUT2D eigenvalue weighted by atomic mass is 10.2. The molecule has 28 heavy (non-hydrogen) atoms. The number of carbonyl (C=O) groups is 2. The van der Waals surface area contributed by atoms with Gasteiger partial charge in [0.15, 0.2) is 0 Å². The molecule has 1 atom stereocenters. The Morgan fingerprint density at radius 3 is 2.46 bits per heavy atom. The third-order valence-corrected chi connectivity index (χ3v) is 5.95. The molecule has 3 rings (SSSR count). The molecular weight excluding hydrogens is 386 g/mol. The second kappa shape index (κ2) is 7.89. The number of hydrogen-bond donors (Lipinski definition) is 0. The summed E-state index contributed by atoms with van der Waals surface area (Å²) in [4.78, 5) is 23.7. The predicted octanol–water partition coefficient (Wildman–Crippen LogP) is 1.99. The zero-order chi connectivity index (χ0) is 20.3. The van der Waals surface area contributed by atoms with Gasteiger partial charge in [-0.3, -0.25) is 4.31 Å². The molecule has 0 spiro atoms. The molecule has 0 amide bonds. The highest BCUT2D eigenvalue weighted by atomic mass is 32.2. The van der Waals surface area contributed by atoms with Crippen LogP contribution in [0.3, 0.4) is 0 Å². The van der Waals surface area contributed by atoms with Gasteiger partial charge in [-0.05, 0) is 43.3 Å². The molecule has 0 saturated heterocycles. The third kappa shape index (κ3) is 3.65. The van der Waals surface area contributed by atoms with E-state index >= 15 is 0 Å². The van der Waals surface area contributed by atoms with Crippen molar-refractivity contribution in [2.45, 2.75) is 17.9 Å². The van der Waals surface area contributed by atoms with Gasteiger partial charge in [0.2, 0.25) is 6.10 Å². The van der Waals surface area contributed by atoms with Crippen molar-refractivity contribution in [2.75, 3.05) is 24.6 Å². The van der Waals surface area contributed by atoms with Crippen molar-refractivity contribution in [3.63, 3.8) is 0 Å². The summed E-state index contributed by atoms with van der Waals surface area (Å²) in [5, 5.41) is 0. The Balaban J connectivity index is 1.98. The van der Waals surface area contributed by atoms with Crippen LogP contribution in [-0.4, -0.2) is 46.7 Å². The van der Waals surface area contributed by atoms with Gasteiger partial charge in [0.25, 0.3) is 10.0 Å². The Labute approximate surface area is 162 Å². The fourth-order valence-corrected chi connectivity index (χ4v) is 4.26. The summed E-state index contributed by atoms with van der Waals surface area (Å²) in [6, 6.07) is 11.9. The number of ether oxygens (including phenoxy) is 3. The Morgan fingerprint density at radius 2 is 1.82 bits per heavy atom. The monoisotopic (exact) mass is 405 g/mol. The highest BCUT2D eigenvalue weighted by molar-refractivity contribution is 7.92. The number of hydrogen-bond acceptors (Lipinski definition) is 7. The van der Waals surface area contributed by atoms with Crippen LogP contribution >= 0.6 is 0 Å². The van der Waals surface area contributed by atoms with Crippen LogP contribution < -0.4 is 9.04 Å². The second-order valence-electron chi connectivity index (χ2n) is 5.88. The molecule has 8 nitrogen and oxygen atoms in total. The van der Waals surface area contributed by atoms with Crippen molar-refractivity contribution < 1.29 is 32.2 Å². The molecule has 2 aromatic rings. The van der Waals surface area contributed by atoms with E-state index in [1.807, 2.05) is 0 Å². The number of esters is 2. The first-order valence-corrected chi connectivity index (χ1v) is 9.96. The van der Waals surface area contributed by atoms with E-state index in [9.17, 15) is 18.0 Å². The van der Waals surface area contributed by atoms with Gasteiger partial charge in [0.05, 0.1) is 36.4 Å². The van der Waals surface area contributed by atoms with Gasteiger partial charge in [0.1, 0.15) is 5.75 Å². The highest BCUT2D eigenvalue weighted by Crippen LogP contribution is 2.36. The molecule has 0 aliphatic carbocycles. The molecule has 0 aromatic heterocycles. The molecule has 0 N–H and O–H groups in total. The molecule has 1 aliphatic rings. The van der Waals surface area contributed by atoms with Crippen LogP contribution in [0.25, 0.3) is 0 Å². The predicted molar refractivity (Wildman–Crippen MR) is 99.8 cm³/mol. The van der Waals surface area contributed by atoms with E-state index in [-0.39, 0.29) is 29.4 Å². The summed E-state index contributed by atoms with van der Waals surface area (Å²) in [6.45, 7) is 1.67. The van der Waals surface area contributed by atoms with Crippen molar-refractivity contribution in [1.82, 2.24) is 0 Å². The summed E-state index contributed by atoms with van der Waals surface area (Å²) in [6.07, 6.45) is -1.09. The highest BCUT2D eigenvalue weighted by Gasteiger charge is 2.38. The fraction of sp³-hybridized carbons (Fsp3) is 0.263. The van der Waals surface area contributed by atoms with E-state index in [0.29, 0.717) is 5.69 Å². The Bertz CT molecular complexity index is 986. The smallest absolute Gasteiger partial charge is 0.348 e. The number of anilines is 1. The number of benzene rings is 2. The molecule has 0 saturated carbocycles. The first-order valence-electron chi connectivity index (χ1n) is 8.52. The minimum absolute atomic E-state index is 0.0270. The van der Waals surface area contributed by atoms with Crippen LogP contribution in [0.1, 0.15) is 17.3 Å². The summed E-state index contributed by atoms with van der Waals surface area (Å²) >= 11 is 0. The summed E-state index contributed by atoms with van der Waals surface area (Å²) in [5.74, 6) is -0.947. The third-order valence-electron chi connectivity index (χ3n) is 4.15. The zero-order valence-corrected chi connectivity index (χ0v) is 16.1. The Kier molecular flexibility index (Phi) is 5.55. The minimum Gasteiger partial charge on any atom is -0.475 e. The maximum absolute atomic E-state index is 13.2. The van der Waals surface area contributed by atoms with Gasteiger partial charge in [-0.1, -0.05) is 12.1 Å². The molecule has 0 bridgehead atoms. The molecule has 1 heterocycles. The fourth-order valence-electron chi connectivity index (χ4n) is 2.79. The lowest BCUT2D eigenvalue weighted by Crippen LogP contribution is -2.47. The SMILES string of the molecule is CCOC(=O)c1ccc(S(=O)(=O)N2C[C@H](C(=O)OC)Oc3ccccc32)cc1. The lowest BCUT2D eigenvalue weighted by molar-refractivity contribution is -0.148. The Hall–Kier alpha value is -3.07. The van der Waals surface area contributed by atoms with Crippen LogP contribution in [0.4, 0.5) is 5.69 Å². The van der Waals surface area contributed by atoms with E-state index in [0.717, 1.165) is 4.31 Å². The van der Waals surface area contributed by atoms with Gasteiger partial charge in [-0.25, -0.2) is 18.0 Å². The number of para-hydroxylation sites is 2. The van der Waals surface area contributed by atoms with Gasteiger partial charge < -0.3 is 14.2 Å². The van der Waals surface area contributed by atoms with Gasteiger partial charge in [-0.2, -0.15) is 0 Å². The number of nitrogens with zero attached hydrogens (tertiary/aromatic N) is 1. The van der Waals surface area contributed by atoms with Gasteiger partial charge in [-0.15, -0.1) is 0 Å². The van der Waals surface area contributed by atoms with Crippen LogP contribution in [-0.2, 0) is 24.3 Å². The number of methoxy groups -OCH3 is 1. The lowest BCUT2D eigenvalue weighted by Gasteiger charge is -2.34. The largest absolute Gasteiger partial charge is 0.475 e. The minimum atomic E-state index is -4.01. The molecular formula is C19H19NO7S. The molecule has 9 heteroatoms. The average Bonchev–Trinajstić information content (AvgIpc) is 2.72. The first kappa shape index (κ1) is 19.7. The van der Waals surface area contributed by atoms with Crippen LogP contribution in [0.15, 0.2) is 53.4 Å². The van der Waals surface area contributed by atoms with E-state index in [2.05, 4.69) is 0 Å². The van der Waals surface area contributed by atoms with Crippen molar-refractivity contribution >= 4 is 27.6 Å². The molecule has 1 aliphatic heterocycles. The molecule has 0 radical (unpaired) electrons. The maximum Gasteiger partial charge on any atom is 0.348 e. The topological polar surface area (TPSA) is 99.2 Å². The number of sulfonamides is 1. The number of carbonyl (C=O) groups excluding carboxylic acids is 2. The number of fused-ring (bicyclic) bond motifs is 1. The van der Waals surface area contributed by atoms with Crippen molar-refractivity contribution in [2.24, 2.45) is 0 Å². The van der Waals surface area contributed by atoms with Crippen LogP contribution in [0, 0.1) is 0 Å². The van der Waals surface area contributed by atoms with Crippen LogP contribution in [0.2, 0.25) is 0 Å². The normalized spacial score (nSPS) is 15.9. The molecule has 2 aromatic carbocycles. The maximum atomic E-state index is 13.2. The first-order chi connectivity index (χ1) is 13.4. The van der Waals surface area contributed by atoms with Gasteiger partial charge in [0, 0.05) is 0 Å². The average molecular weight is 405 g/mol. The molecule has 148 valence electrons. The van der Waals surface area contributed by atoms with E-state index in [1.54, 1.807) is 31.2 Å². The van der Waals surface area contributed by atoms with E-state index < -0.39 is 28.1 Å². The Morgan fingerprint density at radius 1 is 1.14 bits per heavy atom. The number of rotatable bonds is 5. The van der Waals surface area contributed by atoms with Crippen LogP contribution in [0.5, 0.6) is 5.75 Å². The standard InChI is InChI=1S/C19H19NO7S/c1-3-26-18(21)13-8-10-14(11-9-13)28(23,24)20-12-17(19(22)25-2)27-16-7-5-4-6-15(16)20/h4-11,17H,3,12H2,1-2H3/t17-/m1/s1. The zero-order valence-electron chi connectivity index (χ0n) is 15.3. The van der Waals surface area contributed by atoms with Crippen molar-refractivity contribution in [1.29, 1.82) is 0 Å². The second-order valence-corrected chi connectivity index (χ2v) is 7.74. The van der Waals surface area contributed by atoms with E-state index in [1.165, 1.54) is 31.4 Å². The summed E-state index contributed by atoms with van der Waals surface area (Å²) < 4.78 is 42.7. The van der Waals surface area contributed by atoms with Crippen molar-refractivity contribution in [3.8, 4) is 5.75 Å². The molecule has 0 fully saturated rings. The van der Waals surface area contributed by atoms with E-state index in [4.69, 9.17) is 14.2 Å². The van der Waals surface area contributed by atoms with Crippen molar-refractivity contribution in [3.05, 3.63) is 54.1 Å². The molecule has 0 unspecified atom stereocenters. The quantitative estimate of drug-likeness (QED) is 0.702.